The van der Waals surface area contributed by atoms with Crippen LogP contribution < -0.4 is 0 Å². The summed E-state index contributed by atoms with van der Waals surface area (Å²) in [6.07, 6.45) is -0.713. The molecule has 0 aliphatic heterocycles. The normalized spacial score (nSPS) is 11.6. The number of rotatable bonds is 4. The minimum Gasteiger partial charge on any atom is -0.296 e. The molecule has 0 aliphatic carbocycles. The van der Waals surface area contributed by atoms with Gasteiger partial charge in [0.25, 0.3) is 6.43 Å². The lowest BCUT2D eigenvalue weighted by molar-refractivity contribution is 0.144. The minimum absolute atomic E-state index is 0.0955. The predicted octanol–water partition coefficient (Wildman–Crippen LogP) is 3.84. The number of hydrogen-bond acceptors (Lipinski definition) is 1. The number of aromatic amines is 1. The van der Waals surface area contributed by atoms with Crippen molar-refractivity contribution in [1.82, 2.24) is 9.78 Å². The molecule has 0 saturated carbocycles. The Morgan fingerprint density at radius 1 is 1.43 bits per heavy atom. The van der Waals surface area contributed by atoms with Crippen molar-refractivity contribution < 1.29 is 8.78 Å². The maximum Gasteiger partial charge on any atom is 0.279 e. The summed E-state index contributed by atoms with van der Waals surface area (Å²) in [6, 6.07) is 1.52. The van der Waals surface area contributed by atoms with E-state index in [1.54, 1.807) is 4.68 Å². The Morgan fingerprint density at radius 2 is 2.00 bits per heavy atom. The van der Waals surface area contributed by atoms with Gasteiger partial charge in [-0.3, -0.25) is 9.78 Å². The molecule has 1 aromatic rings. The lowest BCUT2D eigenvalue weighted by Crippen LogP contribution is -2.09. The molecular weight excluding hydrogens is 206 g/mol. The van der Waals surface area contributed by atoms with Gasteiger partial charge in [-0.1, -0.05) is 26.1 Å². The SMILES string of the molecule is CCC(CC)n1[nH]c(C(F)F)cc1=S. The first-order valence-electron chi connectivity index (χ1n) is 4.69. The summed E-state index contributed by atoms with van der Waals surface area (Å²) < 4.78 is 26.8. The van der Waals surface area contributed by atoms with Crippen molar-refractivity contribution in [2.24, 2.45) is 0 Å². The minimum atomic E-state index is -2.48. The Labute approximate surface area is 86.9 Å². The van der Waals surface area contributed by atoms with Crippen LogP contribution in [0.3, 0.4) is 0 Å². The second-order valence-electron chi connectivity index (χ2n) is 3.19. The number of hydrogen-bond donors (Lipinski definition) is 1. The summed E-state index contributed by atoms with van der Waals surface area (Å²) >= 11 is 5.00. The standard InChI is InChI=1S/C9H14F2N2S/c1-3-6(4-2)13-8(14)5-7(12-13)9(10)11/h5-6,9,12H,3-4H2,1-2H3. The third-order valence-corrected chi connectivity index (χ3v) is 2.62. The summed E-state index contributed by atoms with van der Waals surface area (Å²) in [5.74, 6) is 0. The monoisotopic (exact) mass is 220 g/mol. The van der Waals surface area contributed by atoms with E-state index >= 15 is 0 Å². The molecule has 0 aliphatic rings. The van der Waals surface area contributed by atoms with Crippen molar-refractivity contribution in [1.29, 1.82) is 0 Å². The Bertz CT molecular complexity index is 339. The van der Waals surface area contributed by atoms with Gasteiger partial charge in [0.1, 0.15) is 10.3 Å². The number of H-pyrrole nitrogens is 1. The largest absolute Gasteiger partial charge is 0.296 e. The fourth-order valence-corrected chi connectivity index (χ4v) is 1.79. The highest BCUT2D eigenvalue weighted by molar-refractivity contribution is 7.71. The van der Waals surface area contributed by atoms with Gasteiger partial charge >= 0.3 is 0 Å². The van der Waals surface area contributed by atoms with Gasteiger partial charge in [0.05, 0.1) is 6.04 Å². The first-order chi connectivity index (χ1) is 6.60. The molecule has 0 amide bonds. The van der Waals surface area contributed by atoms with Crippen LogP contribution in [0.2, 0.25) is 0 Å². The fraction of sp³-hybridized carbons (Fsp3) is 0.667. The summed E-state index contributed by atoms with van der Waals surface area (Å²) in [6.45, 7) is 4.03. The number of nitrogens with one attached hydrogen (secondary N) is 1. The molecule has 5 heteroatoms. The maximum absolute atomic E-state index is 12.3. The molecule has 1 N–H and O–H groups in total. The molecule has 80 valence electrons. The smallest absolute Gasteiger partial charge is 0.279 e. The zero-order valence-electron chi connectivity index (χ0n) is 8.26. The molecule has 0 atom stereocenters. The Kier molecular flexibility index (Phi) is 3.80. The van der Waals surface area contributed by atoms with Gasteiger partial charge in [-0.25, -0.2) is 8.78 Å². The Hall–Kier alpha value is -0.710. The van der Waals surface area contributed by atoms with Gasteiger partial charge < -0.3 is 0 Å². The van der Waals surface area contributed by atoms with E-state index in [0.29, 0.717) is 4.64 Å². The highest BCUT2D eigenvalue weighted by atomic mass is 32.1. The average molecular weight is 220 g/mol. The third-order valence-electron chi connectivity index (χ3n) is 2.31. The van der Waals surface area contributed by atoms with Crippen LogP contribution in [0, 0.1) is 4.64 Å². The van der Waals surface area contributed by atoms with Crippen molar-refractivity contribution in [3.63, 3.8) is 0 Å². The third kappa shape index (κ3) is 2.20. The summed E-state index contributed by atoms with van der Waals surface area (Å²) in [5.41, 5.74) is -0.0955. The van der Waals surface area contributed by atoms with Gasteiger partial charge in [-0.15, -0.1) is 0 Å². The zero-order valence-corrected chi connectivity index (χ0v) is 9.07. The van der Waals surface area contributed by atoms with E-state index in [1.807, 2.05) is 13.8 Å². The van der Waals surface area contributed by atoms with Crippen LogP contribution in [0.4, 0.5) is 8.78 Å². The first kappa shape index (κ1) is 11.4. The topological polar surface area (TPSA) is 20.7 Å². The van der Waals surface area contributed by atoms with Gasteiger partial charge in [0.2, 0.25) is 0 Å². The second kappa shape index (κ2) is 4.68. The number of halogens is 2. The molecule has 1 heterocycles. The zero-order chi connectivity index (χ0) is 10.7. The van der Waals surface area contributed by atoms with Gasteiger partial charge in [0, 0.05) is 6.07 Å². The van der Waals surface area contributed by atoms with Crippen molar-refractivity contribution in [3.8, 4) is 0 Å². The van der Waals surface area contributed by atoms with E-state index < -0.39 is 6.43 Å². The van der Waals surface area contributed by atoms with Crippen LogP contribution in [0.1, 0.15) is 44.9 Å². The molecule has 0 radical (unpaired) electrons. The molecule has 14 heavy (non-hydrogen) atoms. The molecule has 2 nitrogen and oxygen atoms in total. The molecule has 0 spiro atoms. The molecular formula is C9H14F2N2S. The average Bonchev–Trinajstić information content (AvgIpc) is 2.51. The Balaban J connectivity index is 3.03. The van der Waals surface area contributed by atoms with Gasteiger partial charge in [0.15, 0.2) is 0 Å². The summed E-state index contributed by atoms with van der Waals surface area (Å²) in [4.78, 5) is 0. The van der Waals surface area contributed by atoms with Crippen LogP contribution in [0.15, 0.2) is 6.07 Å². The summed E-state index contributed by atoms with van der Waals surface area (Å²) in [7, 11) is 0. The van der Waals surface area contributed by atoms with Gasteiger partial charge in [-0.05, 0) is 12.8 Å². The first-order valence-corrected chi connectivity index (χ1v) is 5.10. The van der Waals surface area contributed by atoms with E-state index in [-0.39, 0.29) is 11.7 Å². The van der Waals surface area contributed by atoms with Crippen molar-refractivity contribution >= 4 is 12.2 Å². The van der Waals surface area contributed by atoms with E-state index in [2.05, 4.69) is 5.10 Å². The van der Waals surface area contributed by atoms with E-state index in [4.69, 9.17) is 12.2 Å². The molecule has 0 bridgehead atoms. The van der Waals surface area contributed by atoms with Crippen molar-refractivity contribution in [2.45, 2.75) is 39.2 Å². The van der Waals surface area contributed by atoms with Crippen LogP contribution in [-0.2, 0) is 0 Å². The molecule has 1 rings (SSSR count). The molecule has 0 unspecified atom stereocenters. The maximum atomic E-state index is 12.3. The van der Waals surface area contributed by atoms with Crippen LogP contribution in [0.25, 0.3) is 0 Å². The molecule has 0 aromatic carbocycles. The Morgan fingerprint density at radius 3 is 2.36 bits per heavy atom. The molecule has 0 saturated heterocycles. The van der Waals surface area contributed by atoms with E-state index in [0.717, 1.165) is 12.8 Å². The molecule has 0 fully saturated rings. The highest BCUT2D eigenvalue weighted by Gasteiger charge is 2.14. The molecule has 1 aromatic heterocycles. The predicted molar refractivity (Wildman–Crippen MR) is 54.2 cm³/mol. The van der Waals surface area contributed by atoms with Crippen molar-refractivity contribution in [3.05, 3.63) is 16.4 Å². The quantitative estimate of drug-likeness (QED) is 0.764. The van der Waals surface area contributed by atoms with Crippen LogP contribution in [0.5, 0.6) is 0 Å². The number of aromatic nitrogens is 2. The number of alkyl halides is 2. The van der Waals surface area contributed by atoms with E-state index in [1.165, 1.54) is 6.07 Å². The number of nitrogens with zero attached hydrogens (tertiary/aromatic N) is 1. The fourth-order valence-electron chi connectivity index (χ4n) is 1.47. The second-order valence-corrected chi connectivity index (χ2v) is 3.61. The lowest BCUT2D eigenvalue weighted by Gasteiger charge is -2.13. The van der Waals surface area contributed by atoms with Gasteiger partial charge in [-0.2, -0.15) is 0 Å². The van der Waals surface area contributed by atoms with Crippen LogP contribution in [-0.4, -0.2) is 9.78 Å². The van der Waals surface area contributed by atoms with Crippen molar-refractivity contribution in [2.75, 3.05) is 0 Å². The summed E-state index contributed by atoms with van der Waals surface area (Å²) in [5, 5.41) is 2.65. The van der Waals surface area contributed by atoms with E-state index in [9.17, 15) is 8.78 Å². The highest BCUT2D eigenvalue weighted by Crippen LogP contribution is 2.21. The van der Waals surface area contributed by atoms with Crippen LogP contribution >= 0.6 is 12.2 Å². The lowest BCUT2D eigenvalue weighted by atomic mass is 10.2.